The Balaban J connectivity index is 0.00000105. The Morgan fingerprint density at radius 1 is 1.15 bits per heavy atom. The number of aromatic nitrogens is 4. The molecule has 9 heteroatoms. The Morgan fingerprint density at radius 3 is 2.63 bits per heavy atom. The molecule has 5 heterocycles. The zero-order valence-electron chi connectivity index (χ0n) is 14.7. The number of nitrogens with zero attached hydrogens (tertiary/aromatic N) is 3. The van der Waals surface area contributed by atoms with Crippen molar-refractivity contribution in [1.29, 1.82) is 0 Å². The van der Waals surface area contributed by atoms with Crippen LogP contribution in [0.4, 0.5) is 5.95 Å². The third kappa shape index (κ3) is 3.43. The summed E-state index contributed by atoms with van der Waals surface area (Å²) in [5, 5.41) is 12.8. The van der Waals surface area contributed by atoms with E-state index >= 15 is 0 Å². The standard InChI is InChI=1S/C18H20N6O.ClH.H2O/c25-17-16(13-9-19-14-4-2-1-3-12(13)14)22-23-18(21-17)20-15-10-24-7-5-11(15)6-8-24;;/h1-4,9,11,15,19H,5-8,10H2,(H2,20,21,23,25);1H;1H2/t15-;;/m1../s1. The molecule has 6 rings (SSSR count). The van der Waals surface area contributed by atoms with Gasteiger partial charge in [0.15, 0.2) is 5.69 Å². The third-order valence-electron chi connectivity index (χ3n) is 5.52. The summed E-state index contributed by atoms with van der Waals surface area (Å²) >= 11 is 0. The Bertz CT molecular complexity index is 979. The van der Waals surface area contributed by atoms with Gasteiger partial charge in [-0.15, -0.1) is 22.6 Å². The van der Waals surface area contributed by atoms with E-state index in [9.17, 15) is 4.79 Å². The molecule has 0 aliphatic carbocycles. The molecule has 8 nitrogen and oxygen atoms in total. The maximum atomic E-state index is 12.6. The van der Waals surface area contributed by atoms with Gasteiger partial charge >= 0.3 is 0 Å². The molecule has 3 aliphatic heterocycles. The summed E-state index contributed by atoms with van der Waals surface area (Å²) in [5.74, 6) is 1.12. The van der Waals surface area contributed by atoms with E-state index in [1.807, 2.05) is 30.5 Å². The average molecular weight is 391 g/mol. The first-order valence-corrected chi connectivity index (χ1v) is 8.80. The van der Waals surface area contributed by atoms with Gasteiger partial charge in [0.05, 0.1) is 0 Å². The van der Waals surface area contributed by atoms with Gasteiger partial charge in [0.1, 0.15) is 0 Å². The lowest BCUT2D eigenvalue weighted by atomic mass is 9.84. The highest BCUT2D eigenvalue weighted by Gasteiger charge is 2.34. The number of anilines is 1. The van der Waals surface area contributed by atoms with Crippen LogP contribution in [0.3, 0.4) is 0 Å². The normalized spacial score (nSPS) is 23.5. The molecule has 2 bridgehead atoms. The Morgan fingerprint density at radius 2 is 1.93 bits per heavy atom. The molecule has 1 atom stereocenters. The SMILES string of the molecule is Cl.O.O=c1[nH]c(N[C@@H]2CN3CCC2CC3)nnc1-c1c[nH]c2ccccc12. The first-order chi connectivity index (χ1) is 12.3. The predicted molar refractivity (Wildman–Crippen MR) is 107 cm³/mol. The summed E-state index contributed by atoms with van der Waals surface area (Å²) in [6.45, 7) is 3.38. The van der Waals surface area contributed by atoms with Gasteiger partial charge in [-0.3, -0.25) is 9.78 Å². The summed E-state index contributed by atoms with van der Waals surface area (Å²) < 4.78 is 0. The molecule has 5 N–H and O–H groups in total. The van der Waals surface area contributed by atoms with Crippen LogP contribution in [0.25, 0.3) is 22.2 Å². The number of hydrogen-bond donors (Lipinski definition) is 3. The van der Waals surface area contributed by atoms with E-state index in [1.54, 1.807) is 0 Å². The fraction of sp³-hybridized carbons (Fsp3) is 0.389. The lowest BCUT2D eigenvalue weighted by molar-refractivity contribution is 0.0971. The van der Waals surface area contributed by atoms with E-state index in [-0.39, 0.29) is 23.4 Å². The zero-order valence-corrected chi connectivity index (χ0v) is 15.6. The van der Waals surface area contributed by atoms with Crippen molar-refractivity contribution in [2.24, 2.45) is 5.92 Å². The van der Waals surface area contributed by atoms with Gasteiger partial charge < -0.3 is 20.7 Å². The van der Waals surface area contributed by atoms with Gasteiger partial charge in [-0.1, -0.05) is 18.2 Å². The number of fused-ring (bicyclic) bond motifs is 4. The maximum absolute atomic E-state index is 12.6. The van der Waals surface area contributed by atoms with E-state index in [0.29, 0.717) is 23.6 Å². The molecule has 0 spiro atoms. The minimum atomic E-state index is -0.219. The lowest BCUT2D eigenvalue weighted by Crippen LogP contribution is -2.53. The van der Waals surface area contributed by atoms with E-state index in [0.717, 1.165) is 23.0 Å². The first-order valence-electron chi connectivity index (χ1n) is 8.80. The van der Waals surface area contributed by atoms with E-state index in [2.05, 4.69) is 30.4 Å². The molecule has 2 aromatic heterocycles. The number of piperidine rings is 3. The maximum Gasteiger partial charge on any atom is 0.279 e. The highest BCUT2D eigenvalue weighted by atomic mass is 35.5. The van der Waals surface area contributed by atoms with E-state index in [1.165, 1.54) is 25.9 Å². The monoisotopic (exact) mass is 390 g/mol. The highest BCUT2D eigenvalue weighted by molar-refractivity contribution is 5.94. The molecule has 0 unspecified atom stereocenters. The van der Waals surface area contributed by atoms with Crippen LogP contribution in [0.1, 0.15) is 12.8 Å². The number of H-pyrrole nitrogens is 2. The lowest BCUT2D eigenvalue weighted by Gasteiger charge is -2.44. The fourth-order valence-electron chi connectivity index (χ4n) is 4.15. The van der Waals surface area contributed by atoms with Crippen LogP contribution in [-0.4, -0.2) is 56.2 Å². The fourth-order valence-corrected chi connectivity index (χ4v) is 4.15. The van der Waals surface area contributed by atoms with Crippen molar-refractivity contribution in [3.8, 4) is 11.3 Å². The van der Waals surface area contributed by atoms with Crippen molar-refractivity contribution in [3.05, 3.63) is 40.8 Å². The summed E-state index contributed by atoms with van der Waals surface area (Å²) in [5.41, 5.74) is 1.88. The molecule has 1 aromatic carbocycles. The third-order valence-corrected chi connectivity index (χ3v) is 5.52. The van der Waals surface area contributed by atoms with Gasteiger partial charge in [0, 0.05) is 35.2 Å². The van der Waals surface area contributed by atoms with Crippen LogP contribution >= 0.6 is 12.4 Å². The van der Waals surface area contributed by atoms with Crippen LogP contribution in [-0.2, 0) is 0 Å². The number of benzene rings is 1. The van der Waals surface area contributed by atoms with Crippen LogP contribution in [0.5, 0.6) is 0 Å². The van der Waals surface area contributed by atoms with Crippen molar-refractivity contribution in [1.82, 2.24) is 25.1 Å². The highest BCUT2D eigenvalue weighted by Crippen LogP contribution is 2.29. The average Bonchev–Trinajstić information content (AvgIpc) is 3.07. The second-order valence-corrected chi connectivity index (χ2v) is 6.99. The Kier molecular flexibility index (Phi) is 5.50. The van der Waals surface area contributed by atoms with Gasteiger partial charge in [0.25, 0.3) is 5.56 Å². The smallest absolute Gasteiger partial charge is 0.279 e. The van der Waals surface area contributed by atoms with Gasteiger partial charge in [0.2, 0.25) is 5.95 Å². The summed E-state index contributed by atoms with van der Waals surface area (Å²) in [7, 11) is 0. The number of aromatic amines is 2. The number of halogens is 1. The summed E-state index contributed by atoms with van der Waals surface area (Å²) in [6.07, 6.45) is 4.23. The van der Waals surface area contributed by atoms with Gasteiger partial charge in [-0.2, -0.15) is 0 Å². The van der Waals surface area contributed by atoms with Crippen LogP contribution in [0.15, 0.2) is 35.3 Å². The molecule has 3 aromatic rings. The summed E-state index contributed by atoms with van der Waals surface area (Å²) in [6, 6.07) is 8.20. The molecule has 0 amide bonds. The number of nitrogens with one attached hydrogen (secondary N) is 3. The number of rotatable bonds is 3. The molecule has 3 fully saturated rings. The van der Waals surface area contributed by atoms with Crippen molar-refractivity contribution < 1.29 is 5.48 Å². The Labute approximate surface area is 162 Å². The van der Waals surface area contributed by atoms with Crippen LogP contribution in [0, 0.1) is 5.92 Å². The van der Waals surface area contributed by atoms with Crippen molar-refractivity contribution in [2.45, 2.75) is 18.9 Å². The largest absolute Gasteiger partial charge is 0.412 e. The molecule has 0 radical (unpaired) electrons. The minimum Gasteiger partial charge on any atom is -0.412 e. The van der Waals surface area contributed by atoms with Crippen LogP contribution in [0.2, 0.25) is 0 Å². The molecule has 3 saturated heterocycles. The van der Waals surface area contributed by atoms with Crippen molar-refractivity contribution in [2.75, 3.05) is 25.0 Å². The van der Waals surface area contributed by atoms with Crippen molar-refractivity contribution >= 4 is 29.3 Å². The zero-order chi connectivity index (χ0) is 16.8. The second-order valence-electron chi connectivity index (χ2n) is 6.99. The number of para-hydroxylation sites is 1. The summed E-state index contributed by atoms with van der Waals surface area (Å²) in [4.78, 5) is 21.1. The second kappa shape index (κ2) is 7.67. The number of hydrogen-bond acceptors (Lipinski definition) is 5. The minimum absolute atomic E-state index is 0. The molecule has 27 heavy (non-hydrogen) atoms. The first kappa shape index (κ1) is 19.3. The molecular formula is C18H23ClN6O2. The predicted octanol–water partition coefficient (Wildman–Crippen LogP) is 1.42. The van der Waals surface area contributed by atoms with Gasteiger partial charge in [-0.05, 0) is 37.9 Å². The Hall–Kier alpha value is -2.42. The van der Waals surface area contributed by atoms with E-state index < -0.39 is 0 Å². The molecule has 3 aliphatic rings. The van der Waals surface area contributed by atoms with E-state index in [4.69, 9.17) is 0 Å². The molecular weight excluding hydrogens is 368 g/mol. The van der Waals surface area contributed by atoms with Crippen molar-refractivity contribution in [3.63, 3.8) is 0 Å². The molecule has 144 valence electrons. The topological polar surface area (TPSA) is 121 Å². The molecule has 0 saturated carbocycles. The van der Waals surface area contributed by atoms with Crippen LogP contribution < -0.4 is 10.9 Å². The van der Waals surface area contributed by atoms with Gasteiger partial charge in [-0.25, -0.2) is 0 Å². The quantitative estimate of drug-likeness (QED) is 0.624.